The molecule has 0 aliphatic heterocycles. The SMILES string of the molecule is COc1ccc(OC)c(Nc2nccn3c(Br)cnc23)c1. The summed E-state index contributed by atoms with van der Waals surface area (Å²) in [4.78, 5) is 8.67. The van der Waals surface area contributed by atoms with E-state index in [0.717, 1.165) is 16.0 Å². The van der Waals surface area contributed by atoms with Crippen molar-refractivity contribution in [3.05, 3.63) is 41.4 Å². The van der Waals surface area contributed by atoms with Crippen molar-refractivity contribution < 1.29 is 9.47 Å². The average molecular weight is 349 g/mol. The van der Waals surface area contributed by atoms with Gasteiger partial charge in [0.25, 0.3) is 0 Å². The lowest BCUT2D eigenvalue weighted by atomic mass is 10.2. The first-order valence-corrected chi connectivity index (χ1v) is 6.99. The van der Waals surface area contributed by atoms with Crippen LogP contribution in [0, 0.1) is 0 Å². The van der Waals surface area contributed by atoms with Gasteiger partial charge in [0.05, 0.1) is 26.1 Å². The average Bonchev–Trinajstić information content (AvgIpc) is 2.90. The summed E-state index contributed by atoms with van der Waals surface area (Å²) in [5, 5.41) is 3.23. The van der Waals surface area contributed by atoms with Gasteiger partial charge in [0.2, 0.25) is 0 Å². The van der Waals surface area contributed by atoms with E-state index in [4.69, 9.17) is 9.47 Å². The number of nitrogens with one attached hydrogen (secondary N) is 1. The number of ether oxygens (including phenoxy) is 2. The van der Waals surface area contributed by atoms with E-state index < -0.39 is 0 Å². The Morgan fingerprint density at radius 1 is 1.19 bits per heavy atom. The number of benzene rings is 1. The highest BCUT2D eigenvalue weighted by Gasteiger charge is 2.11. The molecule has 1 aromatic carbocycles. The molecular formula is C14H13BrN4O2. The molecular weight excluding hydrogens is 336 g/mol. The fraction of sp³-hybridized carbons (Fsp3) is 0.143. The van der Waals surface area contributed by atoms with E-state index in [0.29, 0.717) is 17.2 Å². The van der Waals surface area contributed by atoms with E-state index in [9.17, 15) is 0 Å². The summed E-state index contributed by atoms with van der Waals surface area (Å²) in [5.74, 6) is 2.06. The Morgan fingerprint density at radius 3 is 2.81 bits per heavy atom. The van der Waals surface area contributed by atoms with E-state index in [2.05, 4.69) is 31.2 Å². The standard InChI is InChI=1S/C14H13BrN4O2/c1-20-9-3-4-11(21-2)10(7-9)18-13-14-17-8-12(15)19(14)6-5-16-13/h3-8H,1-2H3,(H,16,18). The molecule has 0 saturated heterocycles. The zero-order valence-electron chi connectivity index (χ0n) is 11.5. The molecule has 0 spiro atoms. The molecule has 0 aliphatic carbocycles. The van der Waals surface area contributed by atoms with Gasteiger partial charge in [0.15, 0.2) is 11.5 Å². The Bertz CT molecular complexity index is 788. The second-order valence-electron chi connectivity index (χ2n) is 4.24. The van der Waals surface area contributed by atoms with Crippen LogP contribution in [0.15, 0.2) is 41.4 Å². The zero-order chi connectivity index (χ0) is 14.8. The fourth-order valence-electron chi connectivity index (χ4n) is 2.02. The van der Waals surface area contributed by atoms with Gasteiger partial charge in [0, 0.05) is 18.5 Å². The summed E-state index contributed by atoms with van der Waals surface area (Å²) in [6, 6.07) is 5.52. The second kappa shape index (κ2) is 5.61. The number of nitrogens with zero attached hydrogens (tertiary/aromatic N) is 3. The first-order valence-electron chi connectivity index (χ1n) is 6.19. The van der Waals surface area contributed by atoms with Crippen LogP contribution in [-0.4, -0.2) is 28.6 Å². The van der Waals surface area contributed by atoms with Crippen LogP contribution in [-0.2, 0) is 0 Å². The van der Waals surface area contributed by atoms with E-state index >= 15 is 0 Å². The molecule has 6 nitrogen and oxygen atoms in total. The number of hydrogen-bond acceptors (Lipinski definition) is 5. The van der Waals surface area contributed by atoms with Crippen molar-refractivity contribution in [2.75, 3.05) is 19.5 Å². The summed E-state index contributed by atoms with van der Waals surface area (Å²) < 4.78 is 13.3. The van der Waals surface area contributed by atoms with Gasteiger partial charge < -0.3 is 14.8 Å². The summed E-state index contributed by atoms with van der Waals surface area (Å²) >= 11 is 3.44. The normalized spacial score (nSPS) is 10.6. The topological polar surface area (TPSA) is 60.7 Å². The lowest BCUT2D eigenvalue weighted by molar-refractivity contribution is 0.405. The van der Waals surface area contributed by atoms with Crippen LogP contribution >= 0.6 is 15.9 Å². The Labute approximate surface area is 129 Å². The number of aromatic nitrogens is 3. The van der Waals surface area contributed by atoms with Crippen LogP contribution < -0.4 is 14.8 Å². The van der Waals surface area contributed by atoms with E-state index in [1.54, 1.807) is 26.6 Å². The fourth-order valence-corrected chi connectivity index (χ4v) is 2.41. The van der Waals surface area contributed by atoms with Gasteiger partial charge in [-0.25, -0.2) is 9.97 Å². The number of anilines is 2. The van der Waals surface area contributed by atoms with Crippen molar-refractivity contribution in [2.45, 2.75) is 0 Å². The number of halogens is 1. The molecule has 1 N–H and O–H groups in total. The van der Waals surface area contributed by atoms with Gasteiger partial charge in [-0.2, -0.15) is 0 Å². The summed E-state index contributed by atoms with van der Waals surface area (Å²) in [5.41, 5.74) is 1.48. The van der Waals surface area contributed by atoms with Gasteiger partial charge in [-0.05, 0) is 28.1 Å². The molecule has 0 saturated carbocycles. The Hall–Kier alpha value is -2.28. The number of rotatable bonds is 4. The highest BCUT2D eigenvalue weighted by atomic mass is 79.9. The van der Waals surface area contributed by atoms with Crippen LogP contribution in [0.5, 0.6) is 11.5 Å². The Morgan fingerprint density at radius 2 is 2.05 bits per heavy atom. The van der Waals surface area contributed by atoms with Crippen molar-refractivity contribution >= 4 is 33.1 Å². The molecule has 0 atom stereocenters. The van der Waals surface area contributed by atoms with Crippen LogP contribution in [0.1, 0.15) is 0 Å². The lowest BCUT2D eigenvalue weighted by Gasteiger charge is -2.12. The van der Waals surface area contributed by atoms with Gasteiger partial charge in [-0.3, -0.25) is 4.40 Å². The number of hydrogen-bond donors (Lipinski definition) is 1. The maximum Gasteiger partial charge on any atom is 0.181 e. The van der Waals surface area contributed by atoms with Crippen LogP contribution in [0.4, 0.5) is 11.5 Å². The zero-order valence-corrected chi connectivity index (χ0v) is 13.1. The highest BCUT2D eigenvalue weighted by Crippen LogP contribution is 2.32. The quantitative estimate of drug-likeness (QED) is 0.784. The third-order valence-corrected chi connectivity index (χ3v) is 3.63. The third-order valence-electron chi connectivity index (χ3n) is 3.04. The van der Waals surface area contributed by atoms with E-state index in [-0.39, 0.29) is 0 Å². The molecule has 3 rings (SSSR count). The summed E-state index contributed by atoms with van der Waals surface area (Å²) in [6.07, 6.45) is 5.26. The third kappa shape index (κ3) is 2.52. The first kappa shape index (κ1) is 13.7. The van der Waals surface area contributed by atoms with E-state index in [1.807, 2.05) is 28.8 Å². The van der Waals surface area contributed by atoms with Crippen LogP contribution in [0.2, 0.25) is 0 Å². The predicted molar refractivity (Wildman–Crippen MR) is 83.5 cm³/mol. The molecule has 0 fully saturated rings. The summed E-state index contributed by atoms with van der Waals surface area (Å²) in [7, 11) is 3.24. The number of methoxy groups -OCH3 is 2. The molecule has 0 aliphatic rings. The minimum Gasteiger partial charge on any atom is -0.497 e. The number of imidazole rings is 1. The molecule has 21 heavy (non-hydrogen) atoms. The Balaban J connectivity index is 2.06. The lowest BCUT2D eigenvalue weighted by Crippen LogP contribution is -2.00. The molecule has 0 radical (unpaired) electrons. The Kier molecular flexibility index (Phi) is 3.66. The van der Waals surface area contributed by atoms with Gasteiger partial charge >= 0.3 is 0 Å². The van der Waals surface area contributed by atoms with Crippen LogP contribution in [0.3, 0.4) is 0 Å². The maximum atomic E-state index is 5.35. The molecule has 0 unspecified atom stereocenters. The van der Waals surface area contributed by atoms with E-state index in [1.165, 1.54) is 0 Å². The molecule has 0 bridgehead atoms. The largest absolute Gasteiger partial charge is 0.497 e. The monoisotopic (exact) mass is 348 g/mol. The smallest absolute Gasteiger partial charge is 0.181 e. The highest BCUT2D eigenvalue weighted by molar-refractivity contribution is 9.10. The second-order valence-corrected chi connectivity index (χ2v) is 5.05. The van der Waals surface area contributed by atoms with Gasteiger partial charge in [0.1, 0.15) is 16.1 Å². The van der Waals surface area contributed by atoms with Crippen molar-refractivity contribution in [3.8, 4) is 11.5 Å². The maximum absolute atomic E-state index is 5.35. The van der Waals surface area contributed by atoms with Crippen LogP contribution in [0.25, 0.3) is 5.65 Å². The molecule has 2 aromatic heterocycles. The van der Waals surface area contributed by atoms with Crippen molar-refractivity contribution in [1.82, 2.24) is 14.4 Å². The van der Waals surface area contributed by atoms with Crippen molar-refractivity contribution in [3.63, 3.8) is 0 Å². The molecule has 7 heteroatoms. The summed E-state index contributed by atoms with van der Waals surface area (Å²) in [6.45, 7) is 0. The number of fused-ring (bicyclic) bond motifs is 1. The molecule has 2 heterocycles. The minimum atomic E-state index is 0.634. The van der Waals surface area contributed by atoms with Crippen molar-refractivity contribution in [2.24, 2.45) is 0 Å². The minimum absolute atomic E-state index is 0.634. The molecule has 108 valence electrons. The predicted octanol–water partition coefficient (Wildman–Crippen LogP) is 3.25. The molecule has 0 amide bonds. The molecule has 3 aromatic rings. The van der Waals surface area contributed by atoms with Gasteiger partial charge in [-0.15, -0.1) is 0 Å². The first-order chi connectivity index (χ1) is 10.2. The van der Waals surface area contributed by atoms with Crippen molar-refractivity contribution in [1.29, 1.82) is 0 Å². The van der Waals surface area contributed by atoms with Gasteiger partial charge in [-0.1, -0.05) is 0 Å².